The molecule has 3 aliphatic rings. The third-order valence-electron chi connectivity index (χ3n) is 10.8. The number of hydrogen-bond donors (Lipinski definition) is 6. The SMILES string of the molecule is CCCCCCCCCCCCCCCCCC(=O)OCCCOC1OC(CS(=O)(=O)O)C(OC(=O)CCNOC(=O)CCCC[C@@H]2SC[C@@H]3NC(=O)N[C@@H]32)C(O)C1O. The Morgan fingerprint density at radius 3 is 2.03 bits per heavy atom. The van der Waals surface area contributed by atoms with Gasteiger partial charge in [-0.2, -0.15) is 25.7 Å². The Balaban J connectivity index is 1.21. The summed E-state index contributed by atoms with van der Waals surface area (Å²) in [4.78, 5) is 53.3. The fourth-order valence-electron chi connectivity index (χ4n) is 7.49. The summed E-state index contributed by atoms with van der Waals surface area (Å²) in [5.74, 6) is -1.99. The fourth-order valence-corrected chi connectivity index (χ4v) is 9.72. The van der Waals surface area contributed by atoms with Crippen molar-refractivity contribution in [3.05, 3.63) is 0 Å². The highest BCUT2D eigenvalue weighted by Crippen LogP contribution is 2.33. The van der Waals surface area contributed by atoms with Gasteiger partial charge in [0.2, 0.25) is 0 Å². The van der Waals surface area contributed by atoms with Gasteiger partial charge in [-0.1, -0.05) is 103 Å². The van der Waals surface area contributed by atoms with Crippen molar-refractivity contribution >= 4 is 45.8 Å². The predicted octanol–water partition coefficient (Wildman–Crippen LogP) is 4.61. The average molecular weight is 882 g/mol. The maximum Gasteiger partial charge on any atom is 0.324 e. The summed E-state index contributed by atoms with van der Waals surface area (Å²) in [7, 11) is -4.68. The first kappa shape index (κ1) is 51.1. The normalized spacial score (nSPS) is 25.3. The predicted molar refractivity (Wildman–Crippen MR) is 221 cm³/mol. The Labute approximate surface area is 354 Å². The molecule has 3 heterocycles. The monoisotopic (exact) mass is 881 g/mol. The minimum absolute atomic E-state index is 0.0431. The molecule has 342 valence electrons. The highest BCUT2D eigenvalue weighted by molar-refractivity contribution is 8.00. The summed E-state index contributed by atoms with van der Waals surface area (Å²) in [5, 5.41) is 27.5. The Bertz CT molecular complexity index is 1340. The number of nitrogens with one attached hydrogen (secondary N) is 3. The van der Waals surface area contributed by atoms with Gasteiger partial charge >= 0.3 is 23.9 Å². The van der Waals surface area contributed by atoms with Crippen LogP contribution in [-0.4, -0.2) is 126 Å². The molecule has 0 aromatic heterocycles. The summed E-state index contributed by atoms with van der Waals surface area (Å²) in [5.41, 5.74) is 2.38. The molecular weight excluding hydrogens is 811 g/mol. The maximum atomic E-state index is 12.6. The molecule has 0 radical (unpaired) electrons. The van der Waals surface area contributed by atoms with Crippen molar-refractivity contribution in [2.45, 2.75) is 196 Å². The Hall–Kier alpha value is -2.26. The number of esters is 2. The van der Waals surface area contributed by atoms with E-state index in [0.29, 0.717) is 12.8 Å². The number of thioether (sulfide) groups is 1. The zero-order valence-electron chi connectivity index (χ0n) is 34.9. The first-order valence-electron chi connectivity index (χ1n) is 21.9. The molecule has 0 aromatic carbocycles. The highest BCUT2D eigenvalue weighted by atomic mass is 32.2. The molecular formula is C40H71N3O14S2. The molecule has 0 aliphatic carbocycles. The van der Waals surface area contributed by atoms with Crippen LogP contribution in [0, 0.1) is 0 Å². The summed E-state index contributed by atoms with van der Waals surface area (Å²) in [6, 6.07) is 0.0801. The molecule has 2 amide bonds. The van der Waals surface area contributed by atoms with Crippen molar-refractivity contribution in [1.29, 1.82) is 0 Å². The van der Waals surface area contributed by atoms with Gasteiger partial charge in [-0.15, -0.1) is 0 Å². The van der Waals surface area contributed by atoms with Crippen LogP contribution in [0.2, 0.25) is 0 Å². The lowest BCUT2D eigenvalue weighted by Gasteiger charge is -2.41. The third kappa shape index (κ3) is 21.4. The fraction of sp³-hybridized carbons (Fsp3) is 0.900. The van der Waals surface area contributed by atoms with Crippen molar-refractivity contribution in [1.82, 2.24) is 16.1 Å². The first-order valence-corrected chi connectivity index (χ1v) is 24.6. The van der Waals surface area contributed by atoms with Crippen molar-refractivity contribution in [2.24, 2.45) is 0 Å². The second-order valence-corrected chi connectivity index (χ2v) is 18.6. The van der Waals surface area contributed by atoms with Crippen LogP contribution < -0.4 is 16.1 Å². The molecule has 0 spiro atoms. The minimum atomic E-state index is -4.68. The lowest BCUT2D eigenvalue weighted by atomic mass is 9.99. The van der Waals surface area contributed by atoms with Crippen LogP contribution in [0.4, 0.5) is 4.79 Å². The minimum Gasteiger partial charge on any atom is -0.466 e. The second-order valence-electron chi connectivity index (χ2n) is 15.9. The largest absolute Gasteiger partial charge is 0.466 e. The van der Waals surface area contributed by atoms with E-state index in [2.05, 4.69) is 23.0 Å². The topological polar surface area (TPSA) is 245 Å². The molecule has 17 nitrogen and oxygen atoms in total. The number of hydrogen-bond acceptors (Lipinski definition) is 15. The van der Waals surface area contributed by atoms with Gasteiger partial charge in [0.05, 0.1) is 31.7 Å². The number of rotatable bonds is 33. The van der Waals surface area contributed by atoms with Crippen LogP contribution in [0.15, 0.2) is 0 Å². The van der Waals surface area contributed by atoms with Crippen LogP contribution in [-0.2, 0) is 48.3 Å². The van der Waals surface area contributed by atoms with E-state index < -0.39 is 58.5 Å². The lowest BCUT2D eigenvalue weighted by Crippen LogP contribution is -2.61. The van der Waals surface area contributed by atoms with Gasteiger partial charge in [0, 0.05) is 36.8 Å². The van der Waals surface area contributed by atoms with Crippen LogP contribution in [0.3, 0.4) is 0 Å². The van der Waals surface area contributed by atoms with E-state index in [1.807, 2.05) is 0 Å². The Morgan fingerprint density at radius 2 is 1.39 bits per heavy atom. The molecule has 0 aromatic rings. The van der Waals surface area contributed by atoms with Gasteiger partial charge in [0.25, 0.3) is 10.1 Å². The maximum absolute atomic E-state index is 12.6. The number of fused-ring (bicyclic) bond motifs is 1. The van der Waals surface area contributed by atoms with Gasteiger partial charge < -0.3 is 44.6 Å². The number of urea groups is 1. The Kier molecular flexibility index (Phi) is 25.2. The molecule has 8 atom stereocenters. The summed E-state index contributed by atoms with van der Waals surface area (Å²) < 4.78 is 54.5. The van der Waals surface area contributed by atoms with E-state index in [4.69, 9.17) is 23.8 Å². The van der Waals surface area contributed by atoms with Crippen molar-refractivity contribution in [3.63, 3.8) is 0 Å². The van der Waals surface area contributed by atoms with Crippen LogP contribution in [0.1, 0.15) is 148 Å². The van der Waals surface area contributed by atoms with E-state index >= 15 is 0 Å². The number of ether oxygens (including phenoxy) is 4. The molecule has 0 bridgehead atoms. The number of aliphatic hydroxyl groups is 2. The zero-order chi connectivity index (χ0) is 42.9. The number of carbonyl (C=O) groups is 4. The lowest BCUT2D eigenvalue weighted by molar-refractivity contribution is -0.295. The molecule has 0 saturated carbocycles. The van der Waals surface area contributed by atoms with Gasteiger partial charge in [-0.05, 0) is 19.3 Å². The van der Waals surface area contributed by atoms with Crippen LogP contribution >= 0.6 is 11.8 Å². The first-order chi connectivity index (χ1) is 28.4. The van der Waals surface area contributed by atoms with E-state index in [9.17, 15) is 42.4 Å². The van der Waals surface area contributed by atoms with Gasteiger partial charge in [0.15, 0.2) is 12.4 Å². The van der Waals surface area contributed by atoms with Crippen LogP contribution in [0.5, 0.6) is 0 Å². The molecule has 3 rings (SSSR count). The molecule has 59 heavy (non-hydrogen) atoms. The van der Waals surface area contributed by atoms with Crippen LogP contribution in [0.25, 0.3) is 0 Å². The molecule has 3 aliphatic heterocycles. The third-order valence-corrected chi connectivity index (χ3v) is 13.0. The van der Waals surface area contributed by atoms with Crippen molar-refractivity contribution < 1.29 is 66.1 Å². The second kappa shape index (κ2) is 29.1. The number of amides is 2. The molecule has 19 heteroatoms. The molecule has 6 N–H and O–H groups in total. The van der Waals surface area contributed by atoms with E-state index in [1.165, 1.54) is 77.0 Å². The highest BCUT2D eigenvalue weighted by Gasteiger charge is 2.48. The summed E-state index contributed by atoms with van der Waals surface area (Å²) in [6.45, 7) is 2.05. The molecule has 3 fully saturated rings. The van der Waals surface area contributed by atoms with E-state index in [0.717, 1.165) is 37.9 Å². The molecule has 5 unspecified atom stereocenters. The van der Waals surface area contributed by atoms with Gasteiger partial charge in [-0.3, -0.25) is 18.9 Å². The van der Waals surface area contributed by atoms with E-state index in [1.54, 1.807) is 11.8 Å². The average Bonchev–Trinajstić information content (AvgIpc) is 3.75. The summed E-state index contributed by atoms with van der Waals surface area (Å²) in [6.07, 6.45) is 12.7. The van der Waals surface area contributed by atoms with Crippen molar-refractivity contribution in [2.75, 3.05) is 31.3 Å². The number of hydroxylamine groups is 1. The van der Waals surface area contributed by atoms with Gasteiger partial charge in [-0.25, -0.2) is 4.79 Å². The number of unbranched alkanes of at least 4 members (excludes halogenated alkanes) is 15. The number of carbonyl (C=O) groups excluding carboxylic acids is 4. The zero-order valence-corrected chi connectivity index (χ0v) is 36.5. The Morgan fingerprint density at radius 1 is 0.780 bits per heavy atom. The standard InChI is InChI=1S/C40H71N3O14S2/c1-2-3-4-5-6-7-8-9-10-11-12-13-14-15-16-21-32(44)53-25-19-26-54-39-37(48)36(47)38(30(55-39)28-59(50,51)52)56-33(45)23-24-41-57-34(46)22-18-17-20-31-35-29(27-58-31)42-40(49)43-35/h29-31,35-39,41,47-48H,2-28H2,1H3,(H2,42,43,49)(H,50,51,52)/t29-,30?,31-,35-,36?,37?,38?,39?/m0/s1. The van der Waals surface area contributed by atoms with Gasteiger partial charge in [0.1, 0.15) is 24.1 Å². The smallest absolute Gasteiger partial charge is 0.324 e. The number of aliphatic hydroxyl groups excluding tert-OH is 2. The van der Waals surface area contributed by atoms with Crippen molar-refractivity contribution in [3.8, 4) is 0 Å². The van der Waals surface area contributed by atoms with E-state index in [-0.39, 0.29) is 68.4 Å². The summed E-state index contributed by atoms with van der Waals surface area (Å²) >= 11 is 1.79. The molecule has 3 saturated heterocycles. The quantitative estimate of drug-likeness (QED) is 0.0132.